The molecule has 5 aliphatic rings. The topological polar surface area (TPSA) is 15.6 Å². The summed E-state index contributed by atoms with van der Waals surface area (Å²) < 4.78 is 0. The summed E-state index contributed by atoms with van der Waals surface area (Å²) in [6, 6.07) is 23.4. The molecule has 2 nitrogen and oxygen atoms in total. The van der Waals surface area contributed by atoms with Crippen molar-refractivity contribution in [2.24, 2.45) is 22.2 Å². The first kappa shape index (κ1) is 18.8. The molecule has 2 aromatic carbocycles. The van der Waals surface area contributed by atoms with Crippen LogP contribution in [0, 0.1) is 17.3 Å². The number of piperidine rings is 3. The summed E-state index contributed by atoms with van der Waals surface area (Å²) in [6.07, 6.45) is 12.2. The van der Waals surface area contributed by atoms with Gasteiger partial charge in [-0.05, 0) is 81.0 Å². The average Bonchev–Trinajstić information content (AvgIpc) is 3.42. The zero-order chi connectivity index (χ0) is 20.0. The predicted molar refractivity (Wildman–Crippen MR) is 124 cm³/mol. The molecule has 0 radical (unpaired) electrons. The highest BCUT2D eigenvalue weighted by atomic mass is 15.2. The molecule has 2 unspecified atom stereocenters. The highest BCUT2D eigenvalue weighted by molar-refractivity contribution is 5.67. The number of rotatable bonds is 5. The van der Waals surface area contributed by atoms with Crippen LogP contribution in [0.3, 0.4) is 0 Å². The van der Waals surface area contributed by atoms with Gasteiger partial charge in [-0.25, -0.2) is 0 Å². The van der Waals surface area contributed by atoms with Gasteiger partial charge in [-0.2, -0.15) is 0 Å². The maximum absolute atomic E-state index is 5.50. The molecule has 5 fully saturated rings. The molecule has 0 amide bonds. The third-order valence-electron chi connectivity index (χ3n) is 8.80. The lowest BCUT2D eigenvalue weighted by atomic mass is 9.70. The van der Waals surface area contributed by atoms with Crippen molar-refractivity contribution in [2.45, 2.75) is 62.9 Å². The van der Waals surface area contributed by atoms with E-state index in [9.17, 15) is 0 Å². The van der Waals surface area contributed by atoms with Crippen LogP contribution in [0.25, 0.3) is 0 Å². The van der Waals surface area contributed by atoms with E-state index in [1.807, 2.05) is 0 Å². The Morgan fingerprint density at radius 1 is 0.833 bits per heavy atom. The quantitative estimate of drug-likeness (QED) is 0.570. The number of aliphatic imine (C=N–C) groups is 1. The third kappa shape index (κ3) is 3.24. The SMILES string of the molecule is C(=N/C1C2CCN(CC2)C1C(c1ccccc1)c1ccccc1)/C12CCC(CC1)C2. The second-order valence-electron chi connectivity index (χ2n) is 10.4. The Labute approximate surface area is 181 Å². The van der Waals surface area contributed by atoms with E-state index < -0.39 is 0 Å². The maximum atomic E-state index is 5.50. The van der Waals surface area contributed by atoms with Crippen LogP contribution in [-0.2, 0) is 0 Å². The van der Waals surface area contributed by atoms with Gasteiger partial charge in [0.15, 0.2) is 0 Å². The third-order valence-corrected chi connectivity index (χ3v) is 8.80. The van der Waals surface area contributed by atoms with E-state index in [1.165, 1.54) is 69.2 Å². The molecule has 0 spiro atoms. The van der Waals surface area contributed by atoms with Gasteiger partial charge in [-0.1, -0.05) is 60.7 Å². The molecule has 2 aromatic rings. The van der Waals surface area contributed by atoms with Crippen LogP contribution >= 0.6 is 0 Å². The molecule has 3 aliphatic heterocycles. The lowest BCUT2D eigenvalue weighted by molar-refractivity contribution is 0.0212. The van der Waals surface area contributed by atoms with E-state index in [0.717, 1.165) is 11.8 Å². The summed E-state index contributed by atoms with van der Waals surface area (Å²) in [5, 5.41) is 0. The van der Waals surface area contributed by atoms with Crippen molar-refractivity contribution >= 4 is 6.21 Å². The van der Waals surface area contributed by atoms with Gasteiger partial charge in [0.05, 0.1) is 6.04 Å². The van der Waals surface area contributed by atoms with Crippen LogP contribution < -0.4 is 0 Å². The number of hydrogen-bond donors (Lipinski definition) is 0. The standard InChI is InChI=1S/C28H34N2/c1-3-7-22(8-4-1)25(23-9-5-2-6-10-23)27-26(24-13-17-30(27)18-14-24)29-20-28-15-11-21(19-28)12-16-28/h1-10,20-21,24-27H,11-19H2/b29-20-. The molecule has 3 heterocycles. The monoisotopic (exact) mass is 398 g/mol. The highest BCUT2D eigenvalue weighted by Gasteiger charge is 2.48. The fourth-order valence-electron chi connectivity index (χ4n) is 7.24. The Morgan fingerprint density at radius 3 is 1.97 bits per heavy atom. The normalized spacial score (nSPS) is 37.4. The predicted octanol–water partition coefficient (Wildman–Crippen LogP) is 5.93. The first-order valence-electron chi connectivity index (χ1n) is 12.2. The van der Waals surface area contributed by atoms with E-state index in [4.69, 9.17) is 4.99 Å². The molecular formula is C28H34N2. The Kier molecular flexibility index (Phi) is 4.79. The minimum absolute atomic E-state index is 0.398. The number of nitrogens with zero attached hydrogens (tertiary/aromatic N) is 2. The van der Waals surface area contributed by atoms with Gasteiger partial charge in [0.1, 0.15) is 0 Å². The van der Waals surface area contributed by atoms with Gasteiger partial charge in [0, 0.05) is 23.6 Å². The number of fused-ring (bicyclic) bond motifs is 5. The summed E-state index contributed by atoms with van der Waals surface area (Å²) in [7, 11) is 0. The van der Waals surface area contributed by atoms with Crippen molar-refractivity contribution < 1.29 is 0 Å². The summed E-state index contributed by atoms with van der Waals surface area (Å²) in [6.45, 7) is 2.48. The minimum atomic E-state index is 0.398. The van der Waals surface area contributed by atoms with Crippen molar-refractivity contribution in [3.05, 3.63) is 71.8 Å². The number of benzene rings is 2. The Hall–Kier alpha value is -1.93. The van der Waals surface area contributed by atoms with E-state index in [2.05, 4.69) is 71.8 Å². The molecule has 30 heavy (non-hydrogen) atoms. The molecule has 2 aliphatic carbocycles. The molecular weight excluding hydrogens is 364 g/mol. The lowest BCUT2D eigenvalue weighted by Gasteiger charge is -2.52. The van der Waals surface area contributed by atoms with Crippen molar-refractivity contribution in [3.63, 3.8) is 0 Å². The Bertz CT molecular complexity index is 834. The molecule has 156 valence electrons. The minimum Gasteiger partial charge on any atom is -0.297 e. The first-order valence-corrected chi connectivity index (χ1v) is 12.2. The molecule has 3 saturated heterocycles. The highest BCUT2D eigenvalue weighted by Crippen LogP contribution is 2.53. The van der Waals surface area contributed by atoms with Crippen LogP contribution in [0.4, 0.5) is 0 Å². The second kappa shape index (κ2) is 7.64. The molecule has 7 rings (SSSR count). The molecule has 2 saturated carbocycles. The average molecular weight is 399 g/mol. The van der Waals surface area contributed by atoms with E-state index >= 15 is 0 Å². The van der Waals surface area contributed by atoms with Crippen LogP contribution in [-0.4, -0.2) is 36.3 Å². The Balaban J connectivity index is 1.39. The first-order chi connectivity index (χ1) is 14.8. The zero-order valence-electron chi connectivity index (χ0n) is 18.0. The van der Waals surface area contributed by atoms with Gasteiger partial charge in [-0.15, -0.1) is 0 Å². The maximum Gasteiger partial charge on any atom is 0.0689 e. The van der Waals surface area contributed by atoms with Gasteiger partial charge < -0.3 is 0 Å². The van der Waals surface area contributed by atoms with Crippen molar-refractivity contribution in [2.75, 3.05) is 13.1 Å². The van der Waals surface area contributed by atoms with Crippen molar-refractivity contribution in [1.29, 1.82) is 0 Å². The van der Waals surface area contributed by atoms with E-state index in [0.29, 0.717) is 23.4 Å². The molecule has 0 aromatic heterocycles. The number of hydrogen-bond acceptors (Lipinski definition) is 2. The largest absolute Gasteiger partial charge is 0.297 e. The Morgan fingerprint density at radius 2 is 1.43 bits per heavy atom. The second-order valence-corrected chi connectivity index (χ2v) is 10.4. The van der Waals surface area contributed by atoms with Crippen LogP contribution in [0.2, 0.25) is 0 Å². The van der Waals surface area contributed by atoms with Crippen LogP contribution in [0.1, 0.15) is 62.0 Å². The van der Waals surface area contributed by atoms with Gasteiger partial charge in [0.2, 0.25) is 0 Å². The van der Waals surface area contributed by atoms with E-state index in [1.54, 1.807) is 0 Å². The molecule has 4 bridgehead atoms. The molecule has 2 heteroatoms. The fourth-order valence-corrected chi connectivity index (χ4v) is 7.24. The smallest absolute Gasteiger partial charge is 0.0689 e. The van der Waals surface area contributed by atoms with Gasteiger partial charge in [0.25, 0.3) is 0 Å². The van der Waals surface area contributed by atoms with Crippen LogP contribution in [0.15, 0.2) is 65.7 Å². The lowest BCUT2D eigenvalue weighted by Crippen LogP contribution is -2.59. The van der Waals surface area contributed by atoms with Gasteiger partial charge in [-0.3, -0.25) is 9.89 Å². The fraction of sp³-hybridized carbons (Fsp3) is 0.536. The molecule has 2 atom stereocenters. The summed E-state index contributed by atoms with van der Waals surface area (Å²) in [5.41, 5.74) is 3.33. The van der Waals surface area contributed by atoms with Crippen LogP contribution in [0.5, 0.6) is 0 Å². The van der Waals surface area contributed by atoms with Gasteiger partial charge >= 0.3 is 0 Å². The molecule has 0 N–H and O–H groups in total. The summed E-state index contributed by atoms with van der Waals surface area (Å²) in [5.74, 6) is 2.14. The van der Waals surface area contributed by atoms with Crippen molar-refractivity contribution in [1.82, 2.24) is 4.90 Å². The summed E-state index contributed by atoms with van der Waals surface area (Å²) >= 11 is 0. The van der Waals surface area contributed by atoms with E-state index in [-0.39, 0.29) is 0 Å². The summed E-state index contributed by atoms with van der Waals surface area (Å²) in [4.78, 5) is 8.28. The van der Waals surface area contributed by atoms with Crippen molar-refractivity contribution in [3.8, 4) is 0 Å². The zero-order valence-corrected chi connectivity index (χ0v) is 18.0.